The monoisotopic (exact) mass is 326 g/mol. The number of carbonyl (C=O) groups excluding carboxylic acids is 1. The van der Waals surface area contributed by atoms with Crippen molar-refractivity contribution in [3.8, 4) is 0 Å². The Bertz CT molecular complexity index is 519. The number of piperidine rings is 1. The van der Waals surface area contributed by atoms with E-state index < -0.39 is 17.9 Å². The zero-order chi connectivity index (χ0) is 14.0. The Kier molecular flexibility index (Phi) is 4.09. The fourth-order valence-corrected chi connectivity index (χ4v) is 2.98. The van der Waals surface area contributed by atoms with Gasteiger partial charge in [-0.15, -0.1) is 0 Å². The van der Waals surface area contributed by atoms with Crippen LogP contribution in [0.5, 0.6) is 0 Å². The highest BCUT2D eigenvalue weighted by Gasteiger charge is 2.29. The van der Waals surface area contributed by atoms with Gasteiger partial charge in [0.05, 0.1) is 5.69 Å². The summed E-state index contributed by atoms with van der Waals surface area (Å²) in [5, 5.41) is 9.27. The van der Waals surface area contributed by atoms with Crippen molar-refractivity contribution in [2.75, 3.05) is 11.4 Å². The number of anilines is 1. The molecule has 1 unspecified atom stereocenters. The minimum atomic E-state index is -0.814. The van der Waals surface area contributed by atoms with Gasteiger partial charge >= 0.3 is 5.97 Å². The number of hydrogen-bond acceptors (Lipinski definition) is 3. The summed E-state index contributed by atoms with van der Waals surface area (Å²) in [6.07, 6.45) is 2.53. The third-order valence-electron chi connectivity index (χ3n) is 3.33. The number of halogens is 1. The topological polar surface area (TPSA) is 83.6 Å². The van der Waals surface area contributed by atoms with E-state index in [9.17, 15) is 14.7 Å². The van der Waals surface area contributed by atoms with Crippen LogP contribution in [-0.4, -0.2) is 29.6 Å². The molecule has 0 aliphatic carbocycles. The van der Waals surface area contributed by atoms with Gasteiger partial charge in [-0.2, -0.15) is 0 Å². The molecular weight excluding hydrogens is 312 g/mol. The quantitative estimate of drug-likeness (QED) is 0.889. The van der Waals surface area contributed by atoms with E-state index in [0.29, 0.717) is 23.0 Å². The van der Waals surface area contributed by atoms with Gasteiger partial charge in [-0.1, -0.05) is 0 Å². The first-order valence-electron chi connectivity index (χ1n) is 6.09. The zero-order valence-electron chi connectivity index (χ0n) is 10.3. The Morgan fingerprint density at radius 2 is 2.11 bits per heavy atom. The Morgan fingerprint density at radius 3 is 2.68 bits per heavy atom. The van der Waals surface area contributed by atoms with E-state index in [1.54, 1.807) is 18.2 Å². The van der Waals surface area contributed by atoms with Gasteiger partial charge in [0.1, 0.15) is 6.04 Å². The first kappa shape index (κ1) is 13.9. The van der Waals surface area contributed by atoms with Gasteiger partial charge in [-0.25, -0.2) is 4.79 Å². The maximum absolute atomic E-state index is 11.3. The molecule has 1 amide bonds. The Balaban J connectivity index is 2.34. The average molecular weight is 327 g/mol. The lowest BCUT2D eigenvalue weighted by Gasteiger charge is -2.35. The second-order valence-electron chi connectivity index (χ2n) is 4.57. The first-order valence-corrected chi connectivity index (χ1v) is 6.89. The maximum atomic E-state index is 11.3. The SMILES string of the molecule is NC(=O)c1ccc(N2CCCCC2C(=O)O)c(Br)c1. The van der Waals surface area contributed by atoms with Crippen molar-refractivity contribution in [1.29, 1.82) is 0 Å². The summed E-state index contributed by atoms with van der Waals surface area (Å²) in [5.74, 6) is -1.31. The number of nitrogens with two attached hydrogens (primary N) is 1. The lowest BCUT2D eigenvalue weighted by molar-refractivity contribution is -0.139. The molecule has 3 N–H and O–H groups in total. The third kappa shape index (κ3) is 2.89. The average Bonchev–Trinajstić information content (AvgIpc) is 2.38. The zero-order valence-corrected chi connectivity index (χ0v) is 11.9. The number of carboxylic acid groups (broad SMARTS) is 1. The van der Waals surface area contributed by atoms with Crippen molar-refractivity contribution >= 4 is 33.5 Å². The summed E-state index contributed by atoms with van der Waals surface area (Å²) >= 11 is 3.39. The molecule has 1 aromatic rings. The summed E-state index contributed by atoms with van der Waals surface area (Å²) in [6, 6.07) is 4.48. The van der Waals surface area contributed by atoms with Crippen molar-refractivity contribution in [3.63, 3.8) is 0 Å². The van der Waals surface area contributed by atoms with Crippen molar-refractivity contribution in [2.24, 2.45) is 5.73 Å². The van der Waals surface area contributed by atoms with Crippen molar-refractivity contribution in [2.45, 2.75) is 25.3 Å². The number of amides is 1. The molecule has 1 aliphatic heterocycles. The van der Waals surface area contributed by atoms with E-state index in [1.165, 1.54) is 0 Å². The number of aliphatic carboxylic acids is 1. The number of carbonyl (C=O) groups is 2. The Hall–Kier alpha value is -1.56. The van der Waals surface area contributed by atoms with Crippen molar-refractivity contribution < 1.29 is 14.7 Å². The summed E-state index contributed by atoms with van der Waals surface area (Å²) in [4.78, 5) is 24.3. The van der Waals surface area contributed by atoms with E-state index in [2.05, 4.69) is 15.9 Å². The lowest BCUT2D eigenvalue weighted by Crippen LogP contribution is -2.45. The van der Waals surface area contributed by atoms with E-state index in [1.807, 2.05) is 4.90 Å². The molecule has 0 aromatic heterocycles. The van der Waals surface area contributed by atoms with Crippen LogP contribution >= 0.6 is 15.9 Å². The molecule has 1 aliphatic rings. The molecule has 1 aromatic carbocycles. The molecule has 2 rings (SSSR count). The minimum absolute atomic E-state index is 0.402. The number of primary amides is 1. The van der Waals surface area contributed by atoms with Crippen LogP contribution in [-0.2, 0) is 4.79 Å². The summed E-state index contributed by atoms with van der Waals surface area (Å²) < 4.78 is 0.692. The fraction of sp³-hybridized carbons (Fsp3) is 0.385. The molecule has 0 saturated carbocycles. The molecule has 19 heavy (non-hydrogen) atoms. The van der Waals surface area contributed by atoms with Gasteiger partial charge in [0.15, 0.2) is 0 Å². The van der Waals surface area contributed by atoms with Crippen LogP contribution in [0, 0.1) is 0 Å². The van der Waals surface area contributed by atoms with Crippen LogP contribution in [0.4, 0.5) is 5.69 Å². The number of rotatable bonds is 3. The van der Waals surface area contributed by atoms with Crippen LogP contribution in [0.2, 0.25) is 0 Å². The number of carboxylic acids is 1. The maximum Gasteiger partial charge on any atom is 0.326 e. The molecule has 0 radical (unpaired) electrons. The Morgan fingerprint density at radius 1 is 1.37 bits per heavy atom. The van der Waals surface area contributed by atoms with Crippen molar-refractivity contribution in [3.05, 3.63) is 28.2 Å². The second-order valence-corrected chi connectivity index (χ2v) is 5.43. The summed E-state index contributed by atoms with van der Waals surface area (Å²) in [7, 11) is 0. The number of benzene rings is 1. The standard InChI is InChI=1S/C13H15BrN2O3/c14-9-7-8(12(15)17)4-5-10(9)16-6-2-1-3-11(16)13(18)19/h4-5,7,11H,1-3,6H2,(H2,15,17)(H,18,19). The minimum Gasteiger partial charge on any atom is -0.480 e. The molecule has 1 fully saturated rings. The van der Waals surface area contributed by atoms with Crippen LogP contribution in [0.25, 0.3) is 0 Å². The molecule has 102 valence electrons. The lowest BCUT2D eigenvalue weighted by atomic mass is 10.0. The molecule has 1 saturated heterocycles. The molecule has 0 spiro atoms. The molecule has 1 atom stereocenters. The van der Waals surface area contributed by atoms with Crippen molar-refractivity contribution in [1.82, 2.24) is 0 Å². The predicted molar refractivity (Wildman–Crippen MR) is 75.3 cm³/mol. The third-order valence-corrected chi connectivity index (χ3v) is 3.96. The van der Waals surface area contributed by atoms with Gasteiger partial charge in [0, 0.05) is 16.6 Å². The molecule has 5 nitrogen and oxygen atoms in total. The highest BCUT2D eigenvalue weighted by molar-refractivity contribution is 9.10. The van der Waals surface area contributed by atoms with Gasteiger partial charge in [0.2, 0.25) is 5.91 Å². The van der Waals surface area contributed by atoms with E-state index in [-0.39, 0.29) is 0 Å². The highest BCUT2D eigenvalue weighted by atomic mass is 79.9. The van der Waals surface area contributed by atoms with Crippen LogP contribution < -0.4 is 10.6 Å². The Labute approximate surface area is 119 Å². The van der Waals surface area contributed by atoms with Crippen LogP contribution in [0.15, 0.2) is 22.7 Å². The molecule has 6 heteroatoms. The molecule has 1 heterocycles. The molecular formula is C13H15BrN2O3. The summed E-state index contributed by atoms with van der Waals surface area (Å²) in [5.41, 5.74) is 6.41. The van der Waals surface area contributed by atoms with Gasteiger partial charge in [-0.3, -0.25) is 4.79 Å². The van der Waals surface area contributed by atoms with E-state index >= 15 is 0 Å². The van der Waals surface area contributed by atoms with Gasteiger partial charge in [0.25, 0.3) is 0 Å². The smallest absolute Gasteiger partial charge is 0.326 e. The van der Waals surface area contributed by atoms with E-state index in [0.717, 1.165) is 18.5 Å². The molecule has 0 bridgehead atoms. The van der Waals surface area contributed by atoms with Gasteiger partial charge < -0.3 is 15.7 Å². The van der Waals surface area contributed by atoms with E-state index in [4.69, 9.17) is 5.73 Å². The highest BCUT2D eigenvalue weighted by Crippen LogP contribution is 2.32. The number of hydrogen-bond donors (Lipinski definition) is 2. The van der Waals surface area contributed by atoms with Crippen LogP contribution in [0.1, 0.15) is 29.6 Å². The second kappa shape index (κ2) is 5.61. The summed E-state index contributed by atoms with van der Waals surface area (Å²) in [6.45, 7) is 0.700. The van der Waals surface area contributed by atoms with Crippen LogP contribution in [0.3, 0.4) is 0 Å². The predicted octanol–water partition coefficient (Wildman–Crippen LogP) is 1.99. The van der Waals surface area contributed by atoms with Gasteiger partial charge in [-0.05, 0) is 53.4 Å². The fourth-order valence-electron chi connectivity index (χ4n) is 2.37. The number of nitrogens with zero attached hydrogens (tertiary/aromatic N) is 1. The normalized spacial score (nSPS) is 19.2. The first-order chi connectivity index (χ1) is 9.00. The largest absolute Gasteiger partial charge is 0.480 e.